The number of rotatable bonds is 8. The predicted octanol–water partition coefficient (Wildman–Crippen LogP) is 3.04. The third-order valence-corrected chi connectivity index (χ3v) is 3.76. The van der Waals surface area contributed by atoms with E-state index in [4.69, 9.17) is 4.84 Å². The molecule has 0 aliphatic rings. The lowest BCUT2D eigenvalue weighted by atomic mass is 10.3. The second kappa shape index (κ2) is 7.53. The van der Waals surface area contributed by atoms with Crippen LogP contribution < -0.4 is 5.48 Å². The molecule has 2 nitrogen and oxygen atoms in total. The molecule has 0 radical (unpaired) electrons. The van der Waals surface area contributed by atoms with E-state index < -0.39 is 8.07 Å². The highest BCUT2D eigenvalue weighted by atomic mass is 28.3. The van der Waals surface area contributed by atoms with E-state index >= 15 is 0 Å². The number of hydrogen-bond acceptors (Lipinski definition) is 2. The van der Waals surface area contributed by atoms with Gasteiger partial charge in [0.15, 0.2) is 0 Å². The van der Waals surface area contributed by atoms with Crippen molar-refractivity contribution in [2.24, 2.45) is 0 Å². The van der Waals surface area contributed by atoms with Crippen molar-refractivity contribution in [3.8, 4) is 0 Å². The van der Waals surface area contributed by atoms with Crippen LogP contribution in [0.2, 0.25) is 25.7 Å². The number of unbranched alkanes of at least 4 members (excludes halogenated alkanes) is 1. The summed E-state index contributed by atoms with van der Waals surface area (Å²) in [4.78, 5) is 5.30. The highest BCUT2D eigenvalue weighted by Crippen LogP contribution is 2.10. The van der Waals surface area contributed by atoms with Crippen LogP contribution in [0, 0.1) is 0 Å². The van der Waals surface area contributed by atoms with E-state index in [1.165, 1.54) is 25.3 Å². The molecule has 80 valence electrons. The molecule has 13 heavy (non-hydrogen) atoms. The van der Waals surface area contributed by atoms with Gasteiger partial charge in [-0.05, 0) is 12.8 Å². The topological polar surface area (TPSA) is 21.3 Å². The largest absolute Gasteiger partial charge is 0.302 e. The molecule has 0 aliphatic heterocycles. The summed E-state index contributed by atoms with van der Waals surface area (Å²) in [6, 6.07) is 1.36. The van der Waals surface area contributed by atoms with Crippen molar-refractivity contribution in [3.05, 3.63) is 0 Å². The fraction of sp³-hybridized carbons (Fsp3) is 1.00. The van der Waals surface area contributed by atoms with E-state index in [2.05, 4.69) is 32.0 Å². The van der Waals surface area contributed by atoms with Crippen LogP contribution in [0.5, 0.6) is 0 Å². The third-order valence-electron chi connectivity index (χ3n) is 1.91. The van der Waals surface area contributed by atoms with Crippen LogP contribution in [0.1, 0.15) is 26.2 Å². The lowest BCUT2D eigenvalue weighted by molar-refractivity contribution is 0.0409. The SMILES string of the molecule is CCCCNOCCC[Si](C)(C)C. The molecule has 0 heterocycles. The van der Waals surface area contributed by atoms with Gasteiger partial charge in [-0.15, -0.1) is 0 Å². The van der Waals surface area contributed by atoms with Crippen molar-refractivity contribution >= 4 is 8.07 Å². The second-order valence-corrected chi connectivity index (χ2v) is 10.4. The monoisotopic (exact) mass is 203 g/mol. The average Bonchev–Trinajstić information content (AvgIpc) is 2.01. The van der Waals surface area contributed by atoms with Crippen molar-refractivity contribution in [1.29, 1.82) is 0 Å². The summed E-state index contributed by atoms with van der Waals surface area (Å²) in [5, 5.41) is 0. The van der Waals surface area contributed by atoms with Crippen LogP contribution in [-0.4, -0.2) is 21.2 Å². The minimum atomic E-state index is -0.840. The first-order valence-corrected chi connectivity index (χ1v) is 9.11. The van der Waals surface area contributed by atoms with Gasteiger partial charge in [0.25, 0.3) is 0 Å². The molecule has 0 saturated heterocycles. The van der Waals surface area contributed by atoms with Gasteiger partial charge in [0.05, 0.1) is 6.61 Å². The standard InChI is InChI=1S/C10H25NOSi/c1-5-6-8-11-12-9-7-10-13(2,3)4/h11H,5-10H2,1-4H3. The summed E-state index contributed by atoms with van der Waals surface area (Å²) in [7, 11) is -0.840. The average molecular weight is 203 g/mol. The van der Waals surface area contributed by atoms with Crippen molar-refractivity contribution in [1.82, 2.24) is 5.48 Å². The maximum absolute atomic E-state index is 5.30. The molecule has 0 aromatic rings. The molecule has 0 atom stereocenters. The number of hydroxylamine groups is 1. The van der Waals surface area contributed by atoms with Gasteiger partial charge < -0.3 is 4.84 Å². The van der Waals surface area contributed by atoms with E-state index in [0.29, 0.717) is 0 Å². The molecular formula is C10H25NOSi. The summed E-state index contributed by atoms with van der Waals surface area (Å²) in [6.45, 7) is 11.2. The van der Waals surface area contributed by atoms with Crippen molar-refractivity contribution in [2.75, 3.05) is 13.2 Å². The van der Waals surface area contributed by atoms with Crippen LogP contribution in [0.15, 0.2) is 0 Å². The van der Waals surface area contributed by atoms with Gasteiger partial charge in [-0.1, -0.05) is 39.0 Å². The van der Waals surface area contributed by atoms with Crippen molar-refractivity contribution < 1.29 is 4.84 Å². The summed E-state index contributed by atoms with van der Waals surface area (Å²) in [6.07, 6.45) is 3.63. The van der Waals surface area contributed by atoms with Gasteiger partial charge in [-0.3, -0.25) is 0 Å². The molecule has 1 N–H and O–H groups in total. The maximum Gasteiger partial charge on any atom is 0.0679 e. The Bertz CT molecular complexity index is 112. The van der Waals surface area contributed by atoms with Gasteiger partial charge >= 0.3 is 0 Å². The molecule has 0 saturated carbocycles. The highest BCUT2D eigenvalue weighted by Gasteiger charge is 2.11. The van der Waals surface area contributed by atoms with Gasteiger partial charge in [-0.2, -0.15) is 0 Å². The molecule has 0 bridgehead atoms. The van der Waals surface area contributed by atoms with Crippen LogP contribution in [0.4, 0.5) is 0 Å². The van der Waals surface area contributed by atoms with Crippen molar-refractivity contribution in [2.45, 2.75) is 51.9 Å². The smallest absolute Gasteiger partial charge is 0.0679 e. The molecule has 3 heteroatoms. The Hall–Kier alpha value is 0.137. The van der Waals surface area contributed by atoms with Crippen LogP contribution in [-0.2, 0) is 4.84 Å². The number of nitrogens with one attached hydrogen (secondary N) is 1. The first-order valence-electron chi connectivity index (χ1n) is 5.41. The summed E-state index contributed by atoms with van der Waals surface area (Å²) < 4.78 is 0. The highest BCUT2D eigenvalue weighted by molar-refractivity contribution is 6.76. The maximum atomic E-state index is 5.30. The second-order valence-electron chi connectivity index (χ2n) is 4.76. The molecule has 0 fully saturated rings. The van der Waals surface area contributed by atoms with E-state index in [1.807, 2.05) is 0 Å². The Balaban J connectivity index is 3.00. The first kappa shape index (κ1) is 13.1. The van der Waals surface area contributed by atoms with E-state index in [9.17, 15) is 0 Å². The molecule has 0 rings (SSSR count). The van der Waals surface area contributed by atoms with E-state index in [0.717, 1.165) is 13.2 Å². The molecule has 0 aliphatic carbocycles. The van der Waals surface area contributed by atoms with E-state index in [1.54, 1.807) is 0 Å². The molecule has 0 aromatic carbocycles. The Labute approximate surface area is 84.0 Å². The van der Waals surface area contributed by atoms with Gasteiger partial charge in [-0.25, -0.2) is 5.48 Å². The summed E-state index contributed by atoms with van der Waals surface area (Å²) in [5.41, 5.74) is 2.99. The molecule has 0 amide bonds. The van der Waals surface area contributed by atoms with Gasteiger partial charge in [0.2, 0.25) is 0 Å². The van der Waals surface area contributed by atoms with Crippen molar-refractivity contribution in [3.63, 3.8) is 0 Å². The van der Waals surface area contributed by atoms with Crippen LogP contribution >= 0.6 is 0 Å². The Morgan fingerprint density at radius 2 is 1.85 bits per heavy atom. The van der Waals surface area contributed by atoms with Crippen LogP contribution in [0.25, 0.3) is 0 Å². The van der Waals surface area contributed by atoms with Gasteiger partial charge in [0, 0.05) is 14.6 Å². The Morgan fingerprint density at radius 1 is 1.15 bits per heavy atom. The fourth-order valence-electron chi connectivity index (χ4n) is 1.07. The lowest BCUT2D eigenvalue weighted by Gasteiger charge is -2.15. The first-order chi connectivity index (χ1) is 6.06. The number of hydrogen-bond donors (Lipinski definition) is 1. The third kappa shape index (κ3) is 12.1. The minimum Gasteiger partial charge on any atom is -0.302 e. The minimum absolute atomic E-state index is 0.840. The quantitative estimate of drug-likeness (QED) is 0.372. The zero-order chi connectivity index (χ0) is 10.2. The van der Waals surface area contributed by atoms with Gasteiger partial charge in [0.1, 0.15) is 0 Å². The fourth-order valence-corrected chi connectivity index (χ4v) is 2.27. The Kier molecular flexibility index (Phi) is 7.61. The van der Waals surface area contributed by atoms with Crippen LogP contribution in [0.3, 0.4) is 0 Å². The Morgan fingerprint density at radius 3 is 2.38 bits per heavy atom. The molecule has 0 spiro atoms. The lowest BCUT2D eigenvalue weighted by Crippen LogP contribution is -2.21. The normalized spacial score (nSPS) is 12.0. The molecule has 0 aromatic heterocycles. The zero-order valence-electron chi connectivity index (χ0n) is 9.65. The summed E-state index contributed by atoms with van der Waals surface area (Å²) in [5.74, 6) is 0. The zero-order valence-corrected chi connectivity index (χ0v) is 10.7. The van der Waals surface area contributed by atoms with E-state index in [-0.39, 0.29) is 0 Å². The molecular weight excluding hydrogens is 178 g/mol. The summed E-state index contributed by atoms with van der Waals surface area (Å²) >= 11 is 0. The molecule has 0 unspecified atom stereocenters. The predicted molar refractivity (Wildman–Crippen MR) is 61.6 cm³/mol.